The van der Waals surface area contributed by atoms with Gasteiger partial charge in [0.2, 0.25) is 0 Å². The van der Waals surface area contributed by atoms with Crippen LogP contribution >= 0.6 is 23.4 Å². The van der Waals surface area contributed by atoms with E-state index in [1.807, 2.05) is 30.3 Å². The number of hydrogen-bond acceptors (Lipinski definition) is 2. The Labute approximate surface area is 105 Å². The van der Waals surface area contributed by atoms with E-state index < -0.39 is 0 Å². The van der Waals surface area contributed by atoms with Crippen molar-refractivity contribution in [2.75, 3.05) is 10.6 Å². The zero-order valence-electron chi connectivity index (χ0n) is 8.53. The molecule has 0 atom stereocenters. The second kappa shape index (κ2) is 6.99. The fraction of sp³-hybridized carbons (Fsp3) is 0. The Kier molecular flexibility index (Phi) is 5.54. The molecule has 3 N–H and O–H groups in total. The Hall–Kier alpha value is -1.38. The number of halogens is 2. The minimum atomic E-state index is 0.721. The minimum Gasteiger partial charge on any atom is -0.399 e. The lowest BCUT2D eigenvalue weighted by Gasteiger charge is -1.91. The zero-order chi connectivity index (χ0) is 11.8. The van der Waals surface area contributed by atoms with Gasteiger partial charge in [0.25, 0.3) is 0 Å². The van der Waals surface area contributed by atoms with Crippen LogP contribution in [0.1, 0.15) is 0 Å². The molecule has 0 spiro atoms. The summed E-state index contributed by atoms with van der Waals surface area (Å²) in [5.41, 5.74) is 7.04. The molecule has 0 saturated heterocycles. The third kappa shape index (κ3) is 4.91. The van der Waals surface area contributed by atoms with E-state index in [4.69, 9.17) is 29.1 Å². The van der Waals surface area contributed by atoms with Gasteiger partial charge >= 0.3 is 0 Å². The first-order valence-corrected chi connectivity index (χ1v) is 5.40. The first kappa shape index (κ1) is 12.7. The summed E-state index contributed by atoms with van der Waals surface area (Å²) in [6.45, 7) is 0. The van der Waals surface area contributed by atoms with Gasteiger partial charge in [-0.1, -0.05) is 29.8 Å². The maximum absolute atomic E-state index is 5.56. The molecule has 2 aromatic rings. The van der Waals surface area contributed by atoms with Crippen molar-refractivity contribution < 1.29 is 0 Å². The summed E-state index contributed by atoms with van der Waals surface area (Å²) in [7, 11) is 0. The van der Waals surface area contributed by atoms with Crippen LogP contribution in [0.25, 0.3) is 0 Å². The van der Waals surface area contributed by atoms with Crippen LogP contribution in [-0.4, -0.2) is 0 Å². The molecule has 4 heteroatoms. The van der Waals surface area contributed by atoms with Crippen molar-refractivity contribution >= 4 is 34.8 Å². The molecule has 16 heavy (non-hydrogen) atoms. The Morgan fingerprint density at radius 3 is 1.81 bits per heavy atom. The van der Waals surface area contributed by atoms with Crippen molar-refractivity contribution in [3.05, 3.63) is 59.6 Å². The van der Waals surface area contributed by atoms with Gasteiger partial charge in [0.05, 0.1) is 0 Å². The second-order valence-electron chi connectivity index (χ2n) is 3.01. The SMILES string of the molecule is ClNc1ccccc1.Nc1ccc(Cl)cc1. The molecule has 0 aromatic heterocycles. The van der Waals surface area contributed by atoms with E-state index in [-0.39, 0.29) is 0 Å². The number of hydrogen-bond donors (Lipinski definition) is 2. The quantitative estimate of drug-likeness (QED) is 0.592. The van der Waals surface area contributed by atoms with Crippen molar-refractivity contribution in [1.82, 2.24) is 0 Å². The van der Waals surface area contributed by atoms with Crippen LogP contribution in [0.3, 0.4) is 0 Å². The van der Waals surface area contributed by atoms with E-state index in [1.165, 1.54) is 0 Å². The van der Waals surface area contributed by atoms with E-state index in [2.05, 4.69) is 4.84 Å². The number of para-hydroxylation sites is 1. The summed E-state index contributed by atoms with van der Waals surface area (Å²) < 4.78 is 0. The maximum atomic E-state index is 5.56. The number of nitrogen functional groups attached to an aromatic ring is 1. The second-order valence-corrected chi connectivity index (χ2v) is 3.64. The van der Waals surface area contributed by atoms with Gasteiger partial charge in [0.15, 0.2) is 0 Å². The standard InChI is InChI=1S/2C6H6ClN/c7-5-1-3-6(8)4-2-5;7-8-6-4-2-1-3-5-6/h1-4H,8H2;1-5,8H. The summed E-state index contributed by atoms with van der Waals surface area (Å²) in [5.74, 6) is 0. The smallest absolute Gasteiger partial charge is 0.0491 e. The van der Waals surface area contributed by atoms with Gasteiger partial charge in [0.1, 0.15) is 0 Å². The third-order valence-corrected chi connectivity index (χ3v) is 2.22. The predicted octanol–water partition coefficient (Wildman–Crippen LogP) is 4.17. The van der Waals surface area contributed by atoms with Crippen LogP contribution in [0.15, 0.2) is 54.6 Å². The van der Waals surface area contributed by atoms with Gasteiger partial charge in [-0.05, 0) is 36.4 Å². The van der Waals surface area contributed by atoms with Gasteiger partial charge in [-0.3, -0.25) is 4.84 Å². The van der Waals surface area contributed by atoms with E-state index in [9.17, 15) is 0 Å². The van der Waals surface area contributed by atoms with Gasteiger partial charge in [-0.25, -0.2) is 0 Å². The topological polar surface area (TPSA) is 38.0 Å². The summed E-state index contributed by atoms with van der Waals surface area (Å²) >= 11 is 10.8. The van der Waals surface area contributed by atoms with Crippen LogP contribution < -0.4 is 10.6 Å². The molecule has 84 valence electrons. The van der Waals surface area contributed by atoms with Gasteiger partial charge in [-0.15, -0.1) is 0 Å². The number of rotatable bonds is 1. The molecule has 0 bridgehead atoms. The lowest BCUT2D eigenvalue weighted by Crippen LogP contribution is -1.80. The minimum absolute atomic E-state index is 0.721. The van der Waals surface area contributed by atoms with Crippen molar-refractivity contribution in [3.8, 4) is 0 Å². The summed E-state index contributed by atoms with van der Waals surface area (Å²) in [6.07, 6.45) is 0. The predicted molar refractivity (Wildman–Crippen MR) is 71.8 cm³/mol. The Bertz CT molecular complexity index is 380. The summed E-state index contributed by atoms with van der Waals surface area (Å²) in [6, 6.07) is 16.6. The fourth-order valence-corrected chi connectivity index (χ4v) is 1.22. The van der Waals surface area contributed by atoms with Crippen LogP contribution in [0.2, 0.25) is 5.02 Å². The lowest BCUT2D eigenvalue weighted by molar-refractivity contribution is 1.68. The monoisotopic (exact) mass is 254 g/mol. The molecule has 0 unspecified atom stereocenters. The molecule has 2 rings (SSSR count). The number of nitrogens with one attached hydrogen (secondary N) is 1. The molecule has 0 heterocycles. The third-order valence-electron chi connectivity index (χ3n) is 1.75. The van der Waals surface area contributed by atoms with Crippen LogP contribution in [0, 0.1) is 0 Å². The van der Waals surface area contributed by atoms with E-state index in [0.717, 1.165) is 16.4 Å². The summed E-state index contributed by atoms with van der Waals surface area (Å²) in [4.78, 5) is 2.50. The first-order valence-electron chi connectivity index (χ1n) is 4.65. The molecular weight excluding hydrogens is 243 g/mol. The summed E-state index contributed by atoms with van der Waals surface area (Å²) in [5, 5.41) is 0.721. The largest absolute Gasteiger partial charge is 0.399 e. The van der Waals surface area contributed by atoms with Crippen molar-refractivity contribution in [2.45, 2.75) is 0 Å². The van der Waals surface area contributed by atoms with Crippen molar-refractivity contribution in [2.24, 2.45) is 0 Å². The molecule has 0 fully saturated rings. The molecular formula is C12H12Cl2N2. The highest BCUT2D eigenvalue weighted by molar-refractivity contribution is 6.30. The van der Waals surface area contributed by atoms with Gasteiger partial charge in [-0.2, -0.15) is 0 Å². The highest BCUT2D eigenvalue weighted by Gasteiger charge is 1.82. The van der Waals surface area contributed by atoms with E-state index >= 15 is 0 Å². The van der Waals surface area contributed by atoms with Gasteiger partial charge in [0, 0.05) is 28.2 Å². The molecule has 2 nitrogen and oxygen atoms in total. The lowest BCUT2D eigenvalue weighted by atomic mass is 10.3. The Balaban J connectivity index is 0.000000160. The highest BCUT2D eigenvalue weighted by atomic mass is 35.5. The molecule has 0 aliphatic rings. The highest BCUT2D eigenvalue weighted by Crippen LogP contribution is 2.09. The number of benzene rings is 2. The Morgan fingerprint density at radius 1 is 0.875 bits per heavy atom. The van der Waals surface area contributed by atoms with Crippen molar-refractivity contribution in [1.29, 1.82) is 0 Å². The molecule has 0 radical (unpaired) electrons. The Morgan fingerprint density at radius 2 is 1.44 bits per heavy atom. The number of anilines is 2. The molecule has 0 saturated carbocycles. The average molecular weight is 255 g/mol. The fourth-order valence-electron chi connectivity index (χ4n) is 0.964. The normalized spacial score (nSPS) is 8.88. The first-order chi connectivity index (χ1) is 7.72. The van der Waals surface area contributed by atoms with Crippen LogP contribution in [0.4, 0.5) is 11.4 Å². The van der Waals surface area contributed by atoms with Gasteiger partial charge < -0.3 is 5.73 Å². The molecule has 0 aliphatic heterocycles. The molecule has 0 amide bonds. The van der Waals surface area contributed by atoms with Crippen LogP contribution in [0.5, 0.6) is 0 Å². The number of nitrogens with two attached hydrogens (primary N) is 1. The average Bonchev–Trinajstić information content (AvgIpc) is 2.35. The zero-order valence-corrected chi connectivity index (χ0v) is 10.0. The molecule has 2 aromatic carbocycles. The molecule has 0 aliphatic carbocycles. The van der Waals surface area contributed by atoms with Crippen LogP contribution in [-0.2, 0) is 0 Å². The maximum Gasteiger partial charge on any atom is 0.0491 e. The van der Waals surface area contributed by atoms with Crippen molar-refractivity contribution in [3.63, 3.8) is 0 Å². The van der Waals surface area contributed by atoms with E-state index in [0.29, 0.717) is 0 Å². The van der Waals surface area contributed by atoms with E-state index in [1.54, 1.807) is 24.3 Å².